The third-order valence-corrected chi connectivity index (χ3v) is 7.84. The molecule has 0 spiro atoms. The van der Waals surface area contributed by atoms with Gasteiger partial charge in [-0.1, -0.05) is 11.6 Å². The molecule has 2 aromatic carbocycles. The molecule has 190 valence electrons. The number of hydrogen-bond donors (Lipinski definition) is 1. The second-order valence-electron chi connectivity index (χ2n) is 8.65. The lowest BCUT2D eigenvalue weighted by Crippen LogP contribution is -2.54. The SMILES string of the molecule is C[C@H]1CN(c2ccc(S(=O)(=O)Nc3ccncn3)cc2)CCN1C(=O)Cc1coc2ccc(Cl)cc12.[HH].[HH]. The Bertz CT molecular complexity index is 1500. The molecule has 4 aromatic rings. The Balaban J connectivity index is 0.00000200. The molecule has 5 rings (SSSR count). The Morgan fingerprint density at radius 2 is 2.00 bits per heavy atom. The third-order valence-electron chi connectivity index (χ3n) is 6.24. The molecule has 1 aliphatic rings. The molecule has 1 amide bonds. The van der Waals surface area contributed by atoms with Crippen molar-refractivity contribution in [2.45, 2.75) is 24.3 Å². The fourth-order valence-electron chi connectivity index (χ4n) is 4.40. The van der Waals surface area contributed by atoms with Crippen LogP contribution in [0.4, 0.5) is 11.5 Å². The number of amides is 1. The summed E-state index contributed by atoms with van der Waals surface area (Å²) in [6.45, 7) is 3.85. The lowest BCUT2D eigenvalue weighted by atomic mass is 10.1. The zero-order valence-electron chi connectivity index (χ0n) is 19.5. The number of benzene rings is 2. The van der Waals surface area contributed by atoms with Gasteiger partial charge in [0.05, 0.1) is 17.6 Å². The number of anilines is 2. The molecule has 1 aliphatic heterocycles. The lowest BCUT2D eigenvalue weighted by Gasteiger charge is -2.41. The minimum Gasteiger partial charge on any atom is -0.464 e. The van der Waals surface area contributed by atoms with Gasteiger partial charge in [-0.05, 0) is 55.5 Å². The number of sulfonamides is 1. The number of fused-ring (bicyclic) bond motifs is 1. The van der Waals surface area contributed by atoms with Gasteiger partial charge in [0, 0.05) is 56.4 Å². The standard InChI is InChI=1S/C25H24ClN5O4S.2H2/c1-17-14-30(20-3-5-21(6-4-20)36(33,34)29-24-8-9-27-16-28-24)10-11-31(17)25(32)12-18-15-35-23-7-2-19(26)13-22(18)23;;/h2-9,13,15-17H,10-12,14H2,1H3,(H,27,28,29);2*1H/t17-;;/m0../s1. The highest BCUT2D eigenvalue weighted by Gasteiger charge is 2.28. The molecule has 1 fully saturated rings. The number of nitrogens with zero attached hydrogens (tertiary/aromatic N) is 4. The minimum absolute atomic E-state index is 0. The number of furan rings is 1. The van der Waals surface area contributed by atoms with Crippen LogP contribution in [0.2, 0.25) is 5.02 Å². The Labute approximate surface area is 216 Å². The number of rotatable bonds is 6. The smallest absolute Gasteiger partial charge is 0.263 e. The van der Waals surface area contributed by atoms with Crippen molar-refractivity contribution < 1.29 is 20.5 Å². The van der Waals surface area contributed by atoms with E-state index in [2.05, 4.69) is 19.6 Å². The summed E-state index contributed by atoms with van der Waals surface area (Å²) in [5.74, 6) is 0.234. The van der Waals surface area contributed by atoms with Gasteiger partial charge in [-0.15, -0.1) is 0 Å². The van der Waals surface area contributed by atoms with Gasteiger partial charge < -0.3 is 14.2 Å². The van der Waals surface area contributed by atoms with E-state index in [4.69, 9.17) is 16.0 Å². The fourth-order valence-corrected chi connectivity index (χ4v) is 5.58. The van der Waals surface area contributed by atoms with Gasteiger partial charge in [-0.25, -0.2) is 18.4 Å². The zero-order valence-corrected chi connectivity index (χ0v) is 21.0. The molecule has 1 atom stereocenters. The summed E-state index contributed by atoms with van der Waals surface area (Å²) < 4.78 is 33.3. The first-order valence-corrected chi connectivity index (χ1v) is 13.3. The predicted octanol–water partition coefficient (Wildman–Crippen LogP) is 4.45. The first-order chi connectivity index (χ1) is 17.3. The number of piperazine rings is 1. The summed E-state index contributed by atoms with van der Waals surface area (Å²) in [6, 6.07) is 13.5. The highest BCUT2D eigenvalue weighted by molar-refractivity contribution is 7.92. The quantitative estimate of drug-likeness (QED) is 0.393. The molecule has 0 aliphatic carbocycles. The molecule has 2 aromatic heterocycles. The van der Waals surface area contributed by atoms with Gasteiger partial charge in [-0.3, -0.25) is 9.52 Å². The maximum atomic E-state index is 13.1. The minimum atomic E-state index is -3.76. The van der Waals surface area contributed by atoms with Crippen molar-refractivity contribution in [3.05, 3.63) is 77.9 Å². The van der Waals surface area contributed by atoms with Crippen molar-refractivity contribution in [2.75, 3.05) is 29.3 Å². The Morgan fingerprint density at radius 1 is 1.19 bits per heavy atom. The number of hydrogen-bond acceptors (Lipinski definition) is 7. The molecule has 0 saturated carbocycles. The van der Waals surface area contributed by atoms with Crippen LogP contribution < -0.4 is 9.62 Å². The Morgan fingerprint density at radius 3 is 2.72 bits per heavy atom. The van der Waals surface area contributed by atoms with Crippen molar-refractivity contribution in [3.63, 3.8) is 0 Å². The molecule has 36 heavy (non-hydrogen) atoms. The lowest BCUT2D eigenvalue weighted by molar-refractivity contribution is -0.132. The van der Waals surface area contributed by atoms with Crippen molar-refractivity contribution in [1.82, 2.24) is 14.9 Å². The molecule has 3 heterocycles. The van der Waals surface area contributed by atoms with E-state index < -0.39 is 10.0 Å². The molecular weight excluding hydrogens is 502 g/mol. The molecule has 0 unspecified atom stereocenters. The second-order valence-corrected chi connectivity index (χ2v) is 10.8. The van der Waals surface area contributed by atoms with E-state index >= 15 is 0 Å². The summed E-state index contributed by atoms with van der Waals surface area (Å²) in [5.41, 5.74) is 2.42. The third kappa shape index (κ3) is 5.00. The second kappa shape index (κ2) is 9.79. The van der Waals surface area contributed by atoms with E-state index in [0.717, 1.165) is 16.6 Å². The van der Waals surface area contributed by atoms with Crippen LogP contribution >= 0.6 is 11.6 Å². The van der Waals surface area contributed by atoms with Gasteiger partial charge in [0.1, 0.15) is 17.7 Å². The molecule has 1 N–H and O–H groups in total. The predicted molar refractivity (Wildman–Crippen MR) is 142 cm³/mol. The molecule has 0 radical (unpaired) electrons. The van der Waals surface area contributed by atoms with E-state index in [1.54, 1.807) is 42.7 Å². The van der Waals surface area contributed by atoms with Crippen LogP contribution in [0.5, 0.6) is 0 Å². The van der Waals surface area contributed by atoms with Crippen LogP contribution in [-0.4, -0.2) is 54.9 Å². The van der Waals surface area contributed by atoms with E-state index in [1.165, 1.54) is 18.6 Å². The van der Waals surface area contributed by atoms with Gasteiger partial charge in [0.15, 0.2) is 0 Å². The monoisotopic (exact) mass is 529 g/mol. The highest BCUT2D eigenvalue weighted by atomic mass is 35.5. The Hall–Kier alpha value is -3.63. The molecule has 0 bridgehead atoms. The summed E-state index contributed by atoms with van der Waals surface area (Å²) >= 11 is 6.12. The van der Waals surface area contributed by atoms with Crippen molar-refractivity contribution in [3.8, 4) is 0 Å². The van der Waals surface area contributed by atoms with Crippen molar-refractivity contribution in [1.29, 1.82) is 0 Å². The van der Waals surface area contributed by atoms with Crippen LogP contribution in [-0.2, 0) is 21.2 Å². The van der Waals surface area contributed by atoms with Crippen LogP contribution in [0, 0.1) is 0 Å². The number of carbonyl (C=O) groups excluding carboxylic acids is 1. The number of halogens is 1. The van der Waals surface area contributed by atoms with Crippen molar-refractivity contribution in [2.24, 2.45) is 0 Å². The van der Waals surface area contributed by atoms with Crippen molar-refractivity contribution >= 4 is 50.0 Å². The van der Waals surface area contributed by atoms with E-state index in [1.807, 2.05) is 17.9 Å². The molecule has 1 saturated heterocycles. The van der Waals surface area contributed by atoms with E-state index in [-0.39, 0.29) is 31.9 Å². The van der Waals surface area contributed by atoms with Crippen LogP contribution in [0.3, 0.4) is 0 Å². The maximum absolute atomic E-state index is 13.1. The molecular formula is C25H28ClN5O4S. The van der Waals surface area contributed by atoms with Gasteiger partial charge >= 0.3 is 0 Å². The van der Waals surface area contributed by atoms with Crippen LogP contribution in [0.25, 0.3) is 11.0 Å². The maximum Gasteiger partial charge on any atom is 0.263 e. The highest BCUT2D eigenvalue weighted by Crippen LogP contribution is 2.27. The summed E-state index contributed by atoms with van der Waals surface area (Å²) in [5, 5.41) is 1.45. The summed E-state index contributed by atoms with van der Waals surface area (Å²) in [4.78, 5) is 25.0. The average molecular weight is 530 g/mol. The normalized spacial score (nSPS) is 16.3. The largest absolute Gasteiger partial charge is 0.464 e. The van der Waals surface area contributed by atoms with Gasteiger partial charge in [-0.2, -0.15) is 0 Å². The van der Waals surface area contributed by atoms with E-state index in [0.29, 0.717) is 30.2 Å². The first kappa shape index (κ1) is 24.1. The average Bonchev–Trinajstić information content (AvgIpc) is 3.26. The summed E-state index contributed by atoms with van der Waals surface area (Å²) in [6.07, 6.45) is 4.60. The Kier molecular flexibility index (Phi) is 6.55. The topological polar surface area (TPSA) is 109 Å². The first-order valence-electron chi connectivity index (χ1n) is 11.4. The zero-order chi connectivity index (χ0) is 25.3. The fraction of sp³-hybridized carbons (Fsp3) is 0.240. The number of nitrogens with one attached hydrogen (secondary N) is 1. The van der Waals surface area contributed by atoms with Gasteiger partial charge in [0.2, 0.25) is 5.91 Å². The summed E-state index contributed by atoms with van der Waals surface area (Å²) in [7, 11) is -3.76. The van der Waals surface area contributed by atoms with Crippen LogP contribution in [0.15, 0.2) is 76.6 Å². The van der Waals surface area contributed by atoms with Gasteiger partial charge in [0.25, 0.3) is 10.0 Å². The number of aromatic nitrogens is 2. The molecule has 9 nitrogen and oxygen atoms in total. The molecule has 11 heteroatoms. The van der Waals surface area contributed by atoms with Crippen LogP contribution in [0.1, 0.15) is 15.3 Å². The number of carbonyl (C=O) groups is 1. The van der Waals surface area contributed by atoms with E-state index in [9.17, 15) is 13.2 Å².